The number of aromatic hydroxyl groups is 1. The van der Waals surface area contributed by atoms with E-state index in [0.29, 0.717) is 5.56 Å². The molecule has 0 bridgehead atoms. The van der Waals surface area contributed by atoms with Crippen molar-refractivity contribution < 1.29 is 15.0 Å². The lowest BCUT2D eigenvalue weighted by Crippen LogP contribution is -2.11. The Morgan fingerprint density at radius 1 is 1.21 bits per heavy atom. The summed E-state index contributed by atoms with van der Waals surface area (Å²) in [6.45, 7) is 0. The summed E-state index contributed by atoms with van der Waals surface area (Å²) >= 11 is 6.20. The minimum Gasteiger partial charge on any atom is -0.508 e. The molecule has 1 aromatic heterocycles. The molecule has 1 heterocycles. The van der Waals surface area contributed by atoms with Crippen LogP contribution in [0.2, 0.25) is 0 Å². The number of carboxylic acids is 1. The second-order valence-electron chi connectivity index (χ2n) is 5.04. The fraction of sp³-hybridized carbons (Fsp3) is 0. The molecule has 3 rings (SSSR count). The molecule has 0 aliphatic heterocycles. The number of hydrogen-bond acceptors (Lipinski definition) is 4. The lowest BCUT2D eigenvalue weighted by molar-refractivity contribution is 0.0697. The molecule has 0 fully saturated rings. The van der Waals surface area contributed by atoms with Gasteiger partial charge in [-0.15, -0.1) is 0 Å². The molecule has 0 saturated carbocycles. The van der Waals surface area contributed by atoms with Gasteiger partial charge in [-0.05, 0) is 42.0 Å². The smallest absolute Gasteiger partial charge is 0.335 e. The van der Waals surface area contributed by atoms with Crippen LogP contribution in [0.25, 0.3) is 22.0 Å². The topological polar surface area (TPSA) is 103 Å². The van der Waals surface area contributed by atoms with Crippen molar-refractivity contribution in [2.75, 3.05) is 0 Å². The average molecular weight is 343 g/mol. The molecule has 0 unspecified atom stereocenters. The van der Waals surface area contributed by atoms with E-state index in [-0.39, 0.29) is 33.1 Å². The predicted molar refractivity (Wildman–Crippen MR) is 91.2 cm³/mol. The first kappa shape index (κ1) is 15.8. The highest BCUT2D eigenvalue weighted by molar-refractivity contribution is 6.50. The number of halogens is 1. The summed E-state index contributed by atoms with van der Waals surface area (Å²) in [7, 11) is 0. The first-order valence-electron chi connectivity index (χ1n) is 6.88. The molecule has 24 heavy (non-hydrogen) atoms. The molecule has 3 N–H and O–H groups in total. The van der Waals surface area contributed by atoms with Gasteiger partial charge in [-0.2, -0.15) is 0 Å². The molecule has 120 valence electrons. The zero-order valence-electron chi connectivity index (χ0n) is 12.2. The van der Waals surface area contributed by atoms with E-state index in [9.17, 15) is 14.7 Å². The van der Waals surface area contributed by atoms with E-state index in [4.69, 9.17) is 16.7 Å². The third-order valence-electron chi connectivity index (χ3n) is 3.34. The molecule has 3 aromatic rings. The highest BCUT2D eigenvalue weighted by Crippen LogP contribution is 2.22. The van der Waals surface area contributed by atoms with Crippen LogP contribution in [0.3, 0.4) is 0 Å². The van der Waals surface area contributed by atoms with Crippen LogP contribution < -0.4 is 5.56 Å². The van der Waals surface area contributed by atoms with E-state index in [2.05, 4.69) is 9.97 Å². The molecule has 0 amide bonds. The number of H-pyrrole nitrogens is 1. The van der Waals surface area contributed by atoms with Crippen LogP contribution in [0.4, 0.5) is 0 Å². The van der Waals surface area contributed by atoms with Gasteiger partial charge in [0.1, 0.15) is 5.75 Å². The number of carboxylic acid groups (broad SMARTS) is 1. The van der Waals surface area contributed by atoms with Crippen LogP contribution in [0.1, 0.15) is 21.7 Å². The fourth-order valence-electron chi connectivity index (χ4n) is 2.21. The number of phenolic OH excluding ortho intramolecular Hbond substituents is 1. The van der Waals surface area contributed by atoms with Gasteiger partial charge in [-0.3, -0.25) is 4.79 Å². The SMILES string of the molecule is O=C(O)c1ccc2c(=O)[nH]c(C(Cl)=Cc3cccc(O)c3)nc2c1. The zero-order chi connectivity index (χ0) is 17.3. The molecular weight excluding hydrogens is 332 g/mol. The predicted octanol–water partition coefficient (Wildman–Crippen LogP) is 3.06. The van der Waals surface area contributed by atoms with Gasteiger partial charge in [-0.25, -0.2) is 9.78 Å². The summed E-state index contributed by atoms with van der Waals surface area (Å²) in [5.41, 5.74) is 0.465. The monoisotopic (exact) mass is 342 g/mol. The maximum Gasteiger partial charge on any atom is 0.335 e. The number of aromatic nitrogens is 2. The number of phenols is 1. The number of benzene rings is 2. The average Bonchev–Trinajstić information content (AvgIpc) is 2.54. The number of nitrogens with zero attached hydrogens (tertiary/aromatic N) is 1. The molecule has 2 aromatic carbocycles. The van der Waals surface area contributed by atoms with Gasteiger partial charge in [0.15, 0.2) is 5.82 Å². The Balaban J connectivity index is 2.12. The van der Waals surface area contributed by atoms with Crippen molar-refractivity contribution in [1.82, 2.24) is 9.97 Å². The Morgan fingerprint density at radius 2 is 2.00 bits per heavy atom. The second kappa shape index (κ2) is 6.17. The van der Waals surface area contributed by atoms with Crippen LogP contribution in [-0.4, -0.2) is 26.2 Å². The number of aromatic carboxylic acids is 1. The summed E-state index contributed by atoms with van der Waals surface area (Å²) in [5, 5.41) is 18.9. The highest BCUT2D eigenvalue weighted by atomic mass is 35.5. The molecule has 0 aliphatic rings. The van der Waals surface area contributed by atoms with Gasteiger partial charge in [0.25, 0.3) is 5.56 Å². The standard InChI is InChI=1S/C17H11ClN2O4/c18-13(7-9-2-1-3-11(21)6-9)15-19-14-8-10(17(23)24)4-5-12(14)16(22)20-15/h1-8,21H,(H,23,24)(H,19,20,22). The van der Waals surface area contributed by atoms with Crippen LogP contribution >= 0.6 is 11.6 Å². The zero-order valence-corrected chi connectivity index (χ0v) is 12.9. The molecule has 0 saturated heterocycles. The van der Waals surface area contributed by atoms with Crippen LogP contribution in [0.15, 0.2) is 47.3 Å². The van der Waals surface area contributed by atoms with Crippen LogP contribution in [0, 0.1) is 0 Å². The number of aromatic amines is 1. The largest absolute Gasteiger partial charge is 0.508 e. The molecule has 0 atom stereocenters. The van der Waals surface area contributed by atoms with Gasteiger partial charge < -0.3 is 15.2 Å². The van der Waals surface area contributed by atoms with Crippen molar-refractivity contribution in [2.45, 2.75) is 0 Å². The Hall–Kier alpha value is -3.12. The number of hydrogen-bond donors (Lipinski definition) is 3. The second-order valence-corrected chi connectivity index (χ2v) is 5.45. The lowest BCUT2D eigenvalue weighted by atomic mass is 10.1. The number of fused-ring (bicyclic) bond motifs is 1. The molecule has 0 aliphatic carbocycles. The number of nitrogens with one attached hydrogen (secondary N) is 1. The Bertz CT molecular complexity index is 1040. The van der Waals surface area contributed by atoms with Gasteiger partial charge in [0.2, 0.25) is 0 Å². The van der Waals surface area contributed by atoms with Crippen LogP contribution in [-0.2, 0) is 0 Å². The van der Waals surface area contributed by atoms with Crippen LogP contribution in [0.5, 0.6) is 5.75 Å². The molecule has 0 radical (unpaired) electrons. The van der Waals surface area contributed by atoms with E-state index in [1.165, 1.54) is 36.4 Å². The summed E-state index contributed by atoms with van der Waals surface area (Å²) < 4.78 is 0. The van der Waals surface area contributed by atoms with E-state index < -0.39 is 11.5 Å². The quantitative estimate of drug-likeness (QED) is 0.678. The van der Waals surface area contributed by atoms with E-state index in [1.807, 2.05) is 0 Å². The highest BCUT2D eigenvalue weighted by Gasteiger charge is 2.10. The van der Waals surface area contributed by atoms with Crippen molar-refractivity contribution in [3.63, 3.8) is 0 Å². The summed E-state index contributed by atoms with van der Waals surface area (Å²) in [6, 6.07) is 10.5. The van der Waals surface area contributed by atoms with Gasteiger partial charge >= 0.3 is 5.97 Å². The molecular formula is C17H11ClN2O4. The summed E-state index contributed by atoms with van der Waals surface area (Å²) in [6.07, 6.45) is 1.53. The molecule has 0 spiro atoms. The summed E-state index contributed by atoms with van der Waals surface area (Å²) in [4.78, 5) is 29.9. The molecule has 6 nitrogen and oxygen atoms in total. The minimum absolute atomic E-state index is 0.0274. The van der Waals surface area contributed by atoms with E-state index in [1.54, 1.807) is 12.1 Å². The minimum atomic E-state index is -1.11. The number of rotatable bonds is 3. The van der Waals surface area contributed by atoms with Crippen molar-refractivity contribution in [1.29, 1.82) is 0 Å². The third kappa shape index (κ3) is 3.13. The van der Waals surface area contributed by atoms with E-state index >= 15 is 0 Å². The third-order valence-corrected chi connectivity index (χ3v) is 3.63. The Kier molecular flexibility index (Phi) is 4.05. The Labute approximate surface area is 140 Å². The normalized spacial score (nSPS) is 11.6. The molecule has 7 heteroatoms. The fourth-order valence-corrected chi connectivity index (χ4v) is 2.43. The maximum absolute atomic E-state index is 12.1. The first-order valence-corrected chi connectivity index (χ1v) is 7.26. The van der Waals surface area contributed by atoms with E-state index in [0.717, 1.165) is 0 Å². The lowest BCUT2D eigenvalue weighted by Gasteiger charge is -2.03. The van der Waals surface area contributed by atoms with Crippen molar-refractivity contribution in [3.8, 4) is 5.75 Å². The Morgan fingerprint density at radius 3 is 2.71 bits per heavy atom. The van der Waals surface area contributed by atoms with Gasteiger partial charge in [0, 0.05) is 0 Å². The van der Waals surface area contributed by atoms with Gasteiger partial charge in [-0.1, -0.05) is 23.7 Å². The van der Waals surface area contributed by atoms with Crippen molar-refractivity contribution in [2.24, 2.45) is 0 Å². The summed E-state index contributed by atoms with van der Waals surface area (Å²) in [5.74, 6) is -0.915. The van der Waals surface area contributed by atoms with Crippen molar-refractivity contribution >= 4 is 39.6 Å². The van der Waals surface area contributed by atoms with Gasteiger partial charge in [0.05, 0.1) is 21.5 Å². The van der Waals surface area contributed by atoms with Crippen molar-refractivity contribution in [3.05, 3.63) is 69.8 Å². The first-order chi connectivity index (χ1) is 11.4. The maximum atomic E-state index is 12.1. The number of carbonyl (C=O) groups is 1.